The smallest absolute Gasteiger partial charge is 0.475 e. The van der Waals surface area contributed by atoms with Gasteiger partial charge in [-0.3, -0.25) is 0 Å². The molecule has 2 N–H and O–H groups in total. The number of aromatic nitrogens is 2. The highest BCUT2D eigenvalue weighted by atomic mass is 32.2. The zero-order valence-corrected chi connectivity index (χ0v) is 18.1. The maximum absolute atomic E-state index is 11.9. The summed E-state index contributed by atoms with van der Waals surface area (Å²) in [5.41, 5.74) is 3.53. The number of nitrogens with one attached hydrogen (secondary N) is 1. The fourth-order valence-corrected chi connectivity index (χ4v) is 4.99. The second-order valence-corrected chi connectivity index (χ2v) is 9.90. The first kappa shape index (κ1) is 24.1. The number of fused-ring (bicyclic) bond motifs is 1. The van der Waals surface area contributed by atoms with Gasteiger partial charge in [-0.2, -0.15) is 23.4 Å². The Balaban J connectivity index is 0.000000360. The summed E-state index contributed by atoms with van der Waals surface area (Å²) in [5, 5.41) is 19.1. The molecule has 8 nitrogen and oxygen atoms in total. The Labute approximate surface area is 183 Å². The first-order valence-electron chi connectivity index (χ1n) is 9.84. The van der Waals surface area contributed by atoms with E-state index in [0.717, 1.165) is 54.6 Å². The average molecular weight is 472 g/mol. The first-order valence-corrected chi connectivity index (χ1v) is 11.5. The molecule has 2 aliphatic rings. The summed E-state index contributed by atoms with van der Waals surface area (Å²) in [6.07, 6.45) is -4.50. The predicted octanol–water partition coefficient (Wildman–Crippen LogP) is 1.76. The lowest BCUT2D eigenvalue weighted by Gasteiger charge is -2.31. The fraction of sp³-hybridized carbons (Fsp3) is 0.450. The first-order chi connectivity index (χ1) is 15.0. The van der Waals surface area contributed by atoms with Crippen LogP contribution in [0.2, 0.25) is 0 Å². The van der Waals surface area contributed by atoms with Crippen molar-refractivity contribution in [3.8, 4) is 11.3 Å². The number of aliphatic carboxylic acids is 1. The van der Waals surface area contributed by atoms with E-state index in [-0.39, 0.29) is 5.75 Å². The Hall–Kier alpha value is -2.57. The van der Waals surface area contributed by atoms with Crippen molar-refractivity contribution < 1.29 is 31.5 Å². The minimum absolute atomic E-state index is 0.208. The van der Waals surface area contributed by atoms with E-state index < -0.39 is 22.0 Å². The van der Waals surface area contributed by atoms with E-state index in [1.807, 2.05) is 24.3 Å². The molecule has 1 fully saturated rings. The number of nitrogens with zero attached hydrogens (tertiary/aromatic N) is 3. The number of carboxylic acid groups (broad SMARTS) is 1. The highest BCUT2D eigenvalue weighted by Crippen LogP contribution is 2.29. The monoisotopic (exact) mass is 472 g/mol. The molecule has 1 aromatic carbocycles. The standard InChI is InChI=1S/C18H22N4O2S.C2HF3O2/c1-22(11-13-9-19-10-13)12-16-3-4-17(21-20-16)14-2-5-18-15(8-14)6-7-25(18,23)24;3-2(4,5)1(6)7/h2-5,8,13,19H,6-7,9-12H2,1H3;(H,6,7). The van der Waals surface area contributed by atoms with Gasteiger partial charge >= 0.3 is 12.1 Å². The van der Waals surface area contributed by atoms with Crippen LogP contribution in [0.3, 0.4) is 0 Å². The van der Waals surface area contributed by atoms with Crippen LogP contribution in [-0.4, -0.2) is 73.2 Å². The largest absolute Gasteiger partial charge is 0.490 e. The molecular weight excluding hydrogens is 449 g/mol. The van der Waals surface area contributed by atoms with Gasteiger partial charge in [0.25, 0.3) is 0 Å². The van der Waals surface area contributed by atoms with Crippen molar-refractivity contribution in [1.29, 1.82) is 0 Å². The molecule has 0 spiro atoms. The molecule has 32 heavy (non-hydrogen) atoms. The fourth-order valence-electron chi connectivity index (χ4n) is 3.45. The van der Waals surface area contributed by atoms with Crippen LogP contribution in [0.4, 0.5) is 13.2 Å². The lowest BCUT2D eigenvalue weighted by Crippen LogP contribution is -2.47. The molecule has 1 saturated heterocycles. The normalized spacial score (nSPS) is 17.3. The van der Waals surface area contributed by atoms with Crippen molar-refractivity contribution in [2.75, 3.05) is 32.4 Å². The second-order valence-electron chi connectivity index (χ2n) is 7.83. The highest BCUT2D eigenvalue weighted by molar-refractivity contribution is 7.91. The molecule has 0 atom stereocenters. The van der Waals surface area contributed by atoms with Crippen LogP contribution in [0.5, 0.6) is 0 Å². The summed E-state index contributed by atoms with van der Waals surface area (Å²) in [5.74, 6) is -1.81. The third-order valence-corrected chi connectivity index (χ3v) is 6.97. The summed E-state index contributed by atoms with van der Waals surface area (Å²) < 4.78 is 55.6. The Bertz CT molecular complexity index is 1070. The Kier molecular flexibility index (Phi) is 7.16. The van der Waals surface area contributed by atoms with Gasteiger partial charge in [0.2, 0.25) is 0 Å². The van der Waals surface area contributed by atoms with Crippen LogP contribution >= 0.6 is 0 Å². The van der Waals surface area contributed by atoms with Crippen molar-refractivity contribution in [2.24, 2.45) is 5.92 Å². The third kappa shape index (κ3) is 6.02. The van der Waals surface area contributed by atoms with Crippen LogP contribution in [0.15, 0.2) is 35.2 Å². The maximum atomic E-state index is 11.9. The lowest BCUT2D eigenvalue weighted by atomic mass is 10.0. The second kappa shape index (κ2) is 9.51. The van der Waals surface area contributed by atoms with E-state index in [0.29, 0.717) is 11.3 Å². The minimum atomic E-state index is -5.08. The molecule has 2 aliphatic heterocycles. The van der Waals surface area contributed by atoms with Gasteiger partial charge in [-0.05, 0) is 49.2 Å². The molecule has 174 valence electrons. The van der Waals surface area contributed by atoms with Gasteiger partial charge in [-0.15, -0.1) is 0 Å². The number of carbonyl (C=O) groups is 1. The molecule has 2 aromatic rings. The lowest BCUT2D eigenvalue weighted by molar-refractivity contribution is -0.192. The van der Waals surface area contributed by atoms with Gasteiger partial charge in [0.05, 0.1) is 22.0 Å². The van der Waals surface area contributed by atoms with Crippen molar-refractivity contribution in [3.63, 3.8) is 0 Å². The van der Waals surface area contributed by atoms with Crippen molar-refractivity contribution in [3.05, 3.63) is 41.6 Å². The van der Waals surface area contributed by atoms with Crippen molar-refractivity contribution >= 4 is 15.8 Å². The number of rotatable bonds is 5. The summed E-state index contributed by atoms with van der Waals surface area (Å²) in [6.45, 7) is 4.05. The Morgan fingerprint density at radius 2 is 1.91 bits per heavy atom. The summed E-state index contributed by atoms with van der Waals surface area (Å²) in [4.78, 5) is 11.6. The van der Waals surface area contributed by atoms with Crippen LogP contribution in [-0.2, 0) is 27.6 Å². The van der Waals surface area contributed by atoms with Gasteiger partial charge in [-0.1, -0.05) is 6.07 Å². The van der Waals surface area contributed by atoms with E-state index in [1.165, 1.54) is 0 Å². The van der Waals surface area contributed by atoms with Crippen LogP contribution < -0.4 is 5.32 Å². The number of halogens is 3. The molecule has 0 aliphatic carbocycles. The zero-order chi connectivity index (χ0) is 23.5. The Morgan fingerprint density at radius 1 is 1.22 bits per heavy atom. The SMILES string of the molecule is CN(Cc1ccc(-c2ccc3c(c2)CCS3(=O)=O)nn1)CC1CNC1.O=C(O)C(F)(F)F. The van der Waals surface area contributed by atoms with Gasteiger partial charge in [0.1, 0.15) is 0 Å². The molecule has 1 aromatic heterocycles. The summed E-state index contributed by atoms with van der Waals surface area (Å²) in [7, 11) is -0.972. The summed E-state index contributed by atoms with van der Waals surface area (Å²) in [6, 6.07) is 9.41. The molecule has 0 unspecified atom stereocenters. The highest BCUT2D eigenvalue weighted by Gasteiger charge is 2.38. The van der Waals surface area contributed by atoms with E-state index in [9.17, 15) is 21.6 Å². The van der Waals surface area contributed by atoms with E-state index in [4.69, 9.17) is 9.90 Å². The molecule has 3 heterocycles. The van der Waals surface area contributed by atoms with Crippen LogP contribution in [0.25, 0.3) is 11.3 Å². The van der Waals surface area contributed by atoms with Crippen molar-refractivity contribution in [2.45, 2.75) is 24.0 Å². The number of alkyl halides is 3. The quantitative estimate of drug-likeness (QED) is 0.677. The number of aryl methyl sites for hydroxylation is 1. The van der Waals surface area contributed by atoms with Crippen LogP contribution in [0.1, 0.15) is 11.3 Å². The average Bonchev–Trinajstić information content (AvgIpc) is 2.99. The third-order valence-electron chi connectivity index (χ3n) is 5.16. The molecule has 0 bridgehead atoms. The number of hydrogen-bond donors (Lipinski definition) is 2. The van der Waals surface area contributed by atoms with E-state index in [2.05, 4.69) is 27.5 Å². The van der Waals surface area contributed by atoms with Crippen LogP contribution in [0, 0.1) is 5.92 Å². The van der Waals surface area contributed by atoms with E-state index >= 15 is 0 Å². The van der Waals surface area contributed by atoms with Gasteiger partial charge < -0.3 is 15.3 Å². The number of sulfone groups is 1. The molecule has 12 heteroatoms. The summed E-state index contributed by atoms with van der Waals surface area (Å²) >= 11 is 0. The molecular formula is C20H23F3N4O4S. The van der Waals surface area contributed by atoms with Crippen molar-refractivity contribution in [1.82, 2.24) is 20.4 Å². The molecule has 0 amide bonds. The number of benzene rings is 1. The van der Waals surface area contributed by atoms with Gasteiger partial charge in [-0.25, -0.2) is 13.2 Å². The van der Waals surface area contributed by atoms with Gasteiger partial charge in [0.15, 0.2) is 9.84 Å². The predicted molar refractivity (Wildman–Crippen MR) is 110 cm³/mol. The molecule has 0 radical (unpaired) electrons. The number of hydrogen-bond acceptors (Lipinski definition) is 7. The topological polar surface area (TPSA) is 112 Å². The van der Waals surface area contributed by atoms with Gasteiger partial charge in [0, 0.05) is 31.7 Å². The number of carboxylic acids is 1. The Morgan fingerprint density at radius 3 is 2.44 bits per heavy atom. The zero-order valence-electron chi connectivity index (χ0n) is 17.3. The molecule has 4 rings (SSSR count). The minimum Gasteiger partial charge on any atom is -0.475 e. The van der Waals surface area contributed by atoms with E-state index in [1.54, 1.807) is 6.07 Å². The maximum Gasteiger partial charge on any atom is 0.490 e. The molecule has 0 saturated carbocycles.